The second kappa shape index (κ2) is 7.12. The van der Waals surface area contributed by atoms with E-state index in [2.05, 4.69) is 15.1 Å². The van der Waals surface area contributed by atoms with Crippen LogP contribution in [0.3, 0.4) is 0 Å². The standard InChI is InChI=1S/C16H23N5O3/c1-4-13-18-14(24-19-13)5-6-15(22)21-7-8-23-12(10-21)16-17-11(2)9-20(16)3/h9,12H,4-8,10H2,1-3H3. The van der Waals surface area contributed by atoms with Crippen molar-refractivity contribution in [2.24, 2.45) is 7.05 Å². The zero-order valence-electron chi connectivity index (χ0n) is 14.4. The van der Waals surface area contributed by atoms with Gasteiger partial charge in [0.25, 0.3) is 0 Å². The van der Waals surface area contributed by atoms with E-state index < -0.39 is 0 Å². The zero-order chi connectivity index (χ0) is 17.1. The minimum absolute atomic E-state index is 0.0745. The number of aromatic nitrogens is 4. The number of carbonyl (C=O) groups is 1. The third kappa shape index (κ3) is 3.64. The first-order valence-electron chi connectivity index (χ1n) is 8.27. The van der Waals surface area contributed by atoms with Crippen LogP contribution in [0.25, 0.3) is 0 Å². The fourth-order valence-electron chi connectivity index (χ4n) is 2.87. The Balaban J connectivity index is 1.57. The number of ether oxygens (including phenoxy) is 1. The Morgan fingerprint density at radius 1 is 1.42 bits per heavy atom. The first-order valence-corrected chi connectivity index (χ1v) is 8.27. The maximum Gasteiger partial charge on any atom is 0.227 e. The second-order valence-corrected chi connectivity index (χ2v) is 6.01. The van der Waals surface area contributed by atoms with E-state index in [1.54, 1.807) is 0 Å². The van der Waals surface area contributed by atoms with Crippen molar-refractivity contribution in [3.8, 4) is 0 Å². The monoisotopic (exact) mass is 333 g/mol. The lowest BCUT2D eigenvalue weighted by molar-refractivity contribution is -0.139. The van der Waals surface area contributed by atoms with E-state index in [-0.39, 0.29) is 12.0 Å². The molecule has 1 saturated heterocycles. The number of nitrogens with zero attached hydrogens (tertiary/aromatic N) is 5. The molecule has 1 fully saturated rings. The van der Waals surface area contributed by atoms with Gasteiger partial charge in [0.2, 0.25) is 11.8 Å². The quantitative estimate of drug-likeness (QED) is 0.817. The molecule has 1 aliphatic rings. The lowest BCUT2D eigenvalue weighted by Crippen LogP contribution is -2.43. The van der Waals surface area contributed by atoms with Crippen LogP contribution in [-0.4, -0.2) is 50.2 Å². The first kappa shape index (κ1) is 16.6. The number of hydrogen-bond donors (Lipinski definition) is 0. The molecule has 1 amide bonds. The molecule has 1 atom stereocenters. The molecule has 0 aromatic carbocycles. The van der Waals surface area contributed by atoms with Crippen LogP contribution < -0.4 is 0 Å². The maximum absolute atomic E-state index is 12.5. The summed E-state index contributed by atoms with van der Waals surface area (Å²) in [6.07, 6.45) is 3.33. The Kier molecular flexibility index (Phi) is 4.94. The lowest BCUT2D eigenvalue weighted by Gasteiger charge is -2.32. The summed E-state index contributed by atoms with van der Waals surface area (Å²) in [5.74, 6) is 2.12. The predicted octanol–water partition coefficient (Wildman–Crippen LogP) is 1.21. The normalized spacial score (nSPS) is 18.1. The van der Waals surface area contributed by atoms with Crippen molar-refractivity contribution >= 4 is 5.91 Å². The van der Waals surface area contributed by atoms with E-state index in [4.69, 9.17) is 9.26 Å². The summed E-state index contributed by atoms with van der Waals surface area (Å²) in [4.78, 5) is 23.0. The van der Waals surface area contributed by atoms with Gasteiger partial charge < -0.3 is 18.7 Å². The summed E-state index contributed by atoms with van der Waals surface area (Å²) < 4.78 is 12.9. The van der Waals surface area contributed by atoms with E-state index in [0.29, 0.717) is 44.3 Å². The SMILES string of the molecule is CCc1noc(CCC(=O)N2CCOC(c3nc(C)cn3C)C2)n1. The average Bonchev–Trinajstić information content (AvgIpc) is 3.18. The van der Waals surface area contributed by atoms with Gasteiger partial charge in [-0.15, -0.1) is 0 Å². The van der Waals surface area contributed by atoms with Crippen molar-refractivity contribution in [2.75, 3.05) is 19.7 Å². The number of rotatable bonds is 5. The lowest BCUT2D eigenvalue weighted by atomic mass is 10.2. The molecule has 0 radical (unpaired) electrons. The topological polar surface area (TPSA) is 86.3 Å². The van der Waals surface area contributed by atoms with E-state index in [1.165, 1.54) is 0 Å². The number of aryl methyl sites for hydroxylation is 4. The molecule has 1 aliphatic heterocycles. The van der Waals surface area contributed by atoms with Crippen molar-refractivity contribution in [1.29, 1.82) is 0 Å². The van der Waals surface area contributed by atoms with Gasteiger partial charge in [0.1, 0.15) is 11.9 Å². The van der Waals surface area contributed by atoms with E-state index >= 15 is 0 Å². The molecule has 0 N–H and O–H groups in total. The average molecular weight is 333 g/mol. The molecule has 24 heavy (non-hydrogen) atoms. The number of imidazole rings is 1. The highest BCUT2D eigenvalue weighted by Crippen LogP contribution is 2.22. The number of amides is 1. The van der Waals surface area contributed by atoms with Crippen LogP contribution >= 0.6 is 0 Å². The highest BCUT2D eigenvalue weighted by atomic mass is 16.5. The van der Waals surface area contributed by atoms with E-state index in [9.17, 15) is 4.79 Å². The maximum atomic E-state index is 12.5. The van der Waals surface area contributed by atoms with Crippen molar-refractivity contribution in [2.45, 2.75) is 39.2 Å². The number of hydrogen-bond acceptors (Lipinski definition) is 6. The summed E-state index contributed by atoms with van der Waals surface area (Å²) in [5.41, 5.74) is 0.947. The highest BCUT2D eigenvalue weighted by Gasteiger charge is 2.28. The van der Waals surface area contributed by atoms with Gasteiger partial charge in [0.05, 0.1) is 18.8 Å². The molecular weight excluding hydrogens is 310 g/mol. The van der Waals surface area contributed by atoms with Gasteiger partial charge in [-0.1, -0.05) is 12.1 Å². The van der Waals surface area contributed by atoms with Crippen LogP contribution in [0, 0.1) is 6.92 Å². The molecule has 0 spiro atoms. The molecule has 8 nitrogen and oxygen atoms in total. The Bertz CT molecular complexity index is 708. The van der Waals surface area contributed by atoms with Crippen LogP contribution in [0.4, 0.5) is 0 Å². The molecule has 3 heterocycles. The van der Waals surface area contributed by atoms with E-state index in [0.717, 1.165) is 17.9 Å². The molecule has 2 aromatic heterocycles. The zero-order valence-corrected chi connectivity index (χ0v) is 14.4. The number of carbonyl (C=O) groups excluding carboxylic acids is 1. The minimum atomic E-state index is -0.184. The minimum Gasteiger partial charge on any atom is -0.367 e. The van der Waals surface area contributed by atoms with Gasteiger partial charge in [0.15, 0.2) is 5.82 Å². The molecule has 0 bridgehead atoms. The molecule has 130 valence electrons. The largest absolute Gasteiger partial charge is 0.367 e. The third-order valence-electron chi connectivity index (χ3n) is 4.12. The Morgan fingerprint density at radius 2 is 2.25 bits per heavy atom. The smallest absolute Gasteiger partial charge is 0.227 e. The fraction of sp³-hybridized carbons (Fsp3) is 0.625. The predicted molar refractivity (Wildman–Crippen MR) is 85.2 cm³/mol. The molecule has 0 saturated carbocycles. The molecule has 3 rings (SSSR count). The fourth-order valence-corrected chi connectivity index (χ4v) is 2.87. The van der Waals surface area contributed by atoms with Crippen molar-refractivity contribution in [3.05, 3.63) is 29.4 Å². The van der Waals surface area contributed by atoms with E-state index in [1.807, 2.05) is 36.6 Å². The summed E-state index contributed by atoms with van der Waals surface area (Å²) in [5, 5.41) is 3.85. The van der Waals surface area contributed by atoms with Crippen molar-refractivity contribution in [3.63, 3.8) is 0 Å². The van der Waals surface area contributed by atoms with Crippen LogP contribution in [-0.2, 0) is 29.4 Å². The summed E-state index contributed by atoms with van der Waals surface area (Å²) >= 11 is 0. The molecule has 1 unspecified atom stereocenters. The number of morpholine rings is 1. The summed E-state index contributed by atoms with van der Waals surface area (Å²) in [6.45, 7) is 5.55. The second-order valence-electron chi connectivity index (χ2n) is 6.01. The summed E-state index contributed by atoms with van der Waals surface area (Å²) in [6, 6.07) is 0. The van der Waals surface area contributed by atoms with Crippen LogP contribution in [0.2, 0.25) is 0 Å². The first-order chi connectivity index (χ1) is 11.6. The summed E-state index contributed by atoms with van der Waals surface area (Å²) in [7, 11) is 1.94. The third-order valence-corrected chi connectivity index (χ3v) is 4.12. The Morgan fingerprint density at radius 3 is 2.92 bits per heavy atom. The van der Waals surface area contributed by atoms with Gasteiger partial charge in [0, 0.05) is 39.1 Å². The highest BCUT2D eigenvalue weighted by molar-refractivity contribution is 5.76. The molecule has 8 heteroatoms. The van der Waals surface area contributed by atoms with Gasteiger partial charge in [-0.2, -0.15) is 4.98 Å². The van der Waals surface area contributed by atoms with Crippen LogP contribution in [0.15, 0.2) is 10.7 Å². The Hall–Kier alpha value is -2.22. The van der Waals surface area contributed by atoms with Crippen LogP contribution in [0.5, 0.6) is 0 Å². The van der Waals surface area contributed by atoms with Gasteiger partial charge in [-0.05, 0) is 6.92 Å². The van der Waals surface area contributed by atoms with Crippen molar-refractivity contribution < 1.29 is 14.1 Å². The van der Waals surface area contributed by atoms with Gasteiger partial charge in [-0.25, -0.2) is 4.98 Å². The molecular formula is C16H23N5O3. The molecule has 0 aliphatic carbocycles. The van der Waals surface area contributed by atoms with Crippen molar-refractivity contribution in [1.82, 2.24) is 24.6 Å². The Labute approximate surface area is 140 Å². The van der Waals surface area contributed by atoms with Gasteiger partial charge >= 0.3 is 0 Å². The molecule has 2 aromatic rings. The van der Waals surface area contributed by atoms with Crippen LogP contribution in [0.1, 0.15) is 42.7 Å². The van der Waals surface area contributed by atoms with Gasteiger partial charge in [-0.3, -0.25) is 4.79 Å².